The zero-order valence-electron chi connectivity index (χ0n) is 14.9. The number of nitrogens with zero attached hydrogens (tertiary/aromatic N) is 1. The zero-order valence-corrected chi connectivity index (χ0v) is 15.8. The predicted octanol–water partition coefficient (Wildman–Crippen LogP) is 4.67. The highest BCUT2D eigenvalue weighted by atomic mass is 32.2. The first-order valence-corrected chi connectivity index (χ1v) is 10.1. The van der Waals surface area contributed by atoms with Gasteiger partial charge in [0.05, 0.1) is 4.90 Å². The Bertz CT molecular complexity index is 1050. The van der Waals surface area contributed by atoms with Crippen LogP contribution in [0.3, 0.4) is 0 Å². The maximum Gasteiger partial charge on any atom is 0.243 e. The zero-order chi connectivity index (χ0) is 18.3. The molecule has 0 saturated carbocycles. The van der Waals surface area contributed by atoms with E-state index in [-0.39, 0.29) is 0 Å². The summed E-state index contributed by atoms with van der Waals surface area (Å²) < 4.78 is 27.4. The summed E-state index contributed by atoms with van der Waals surface area (Å²) >= 11 is 0. The van der Waals surface area contributed by atoms with Crippen LogP contribution in [-0.4, -0.2) is 12.7 Å². The molecule has 3 aromatic carbocycles. The molecule has 0 saturated heterocycles. The lowest BCUT2D eigenvalue weighted by molar-refractivity contribution is 0.431. The van der Waals surface area contributed by atoms with E-state index in [1.165, 1.54) is 5.56 Å². The van der Waals surface area contributed by atoms with E-state index >= 15 is 0 Å². The molecule has 132 valence electrons. The number of hydrogen-bond donors (Lipinski definition) is 0. The topological polar surface area (TPSA) is 37.4 Å². The molecule has 0 unspecified atom stereocenters. The summed E-state index contributed by atoms with van der Waals surface area (Å²) in [5.41, 5.74) is 6.72. The molecule has 0 amide bonds. The Hall–Kier alpha value is -2.43. The van der Waals surface area contributed by atoms with Crippen LogP contribution in [0.1, 0.15) is 22.3 Å². The highest BCUT2D eigenvalue weighted by Crippen LogP contribution is 2.32. The van der Waals surface area contributed by atoms with Crippen LogP contribution in [0.2, 0.25) is 0 Å². The predicted molar refractivity (Wildman–Crippen MR) is 104 cm³/mol. The Kier molecular flexibility index (Phi) is 4.17. The monoisotopic (exact) mass is 363 g/mol. The van der Waals surface area contributed by atoms with Crippen molar-refractivity contribution in [3.05, 3.63) is 89.0 Å². The van der Waals surface area contributed by atoms with E-state index in [2.05, 4.69) is 49.4 Å². The van der Waals surface area contributed by atoms with E-state index in [0.29, 0.717) is 18.0 Å². The van der Waals surface area contributed by atoms with E-state index in [4.69, 9.17) is 0 Å². The molecule has 0 radical (unpaired) electrons. The largest absolute Gasteiger partial charge is 0.243 e. The van der Waals surface area contributed by atoms with Gasteiger partial charge in [0, 0.05) is 13.1 Å². The van der Waals surface area contributed by atoms with Gasteiger partial charge in [0.25, 0.3) is 0 Å². The smallest absolute Gasteiger partial charge is 0.207 e. The summed E-state index contributed by atoms with van der Waals surface area (Å²) in [5, 5.41) is 0. The van der Waals surface area contributed by atoms with Crippen molar-refractivity contribution in [3.8, 4) is 11.1 Å². The maximum atomic E-state index is 12.9. The van der Waals surface area contributed by atoms with Gasteiger partial charge in [-0.25, -0.2) is 8.42 Å². The first kappa shape index (κ1) is 17.0. The molecule has 0 spiro atoms. The minimum absolute atomic E-state index is 0.356. The average Bonchev–Trinajstić information content (AvgIpc) is 3.07. The lowest BCUT2D eigenvalue weighted by atomic mass is 10.00. The van der Waals surface area contributed by atoms with Crippen molar-refractivity contribution in [2.45, 2.75) is 31.8 Å². The van der Waals surface area contributed by atoms with Crippen molar-refractivity contribution in [2.75, 3.05) is 0 Å². The lowest BCUT2D eigenvalue weighted by Crippen LogP contribution is -2.25. The Morgan fingerprint density at radius 2 is 1.23 bits per heavy atom. The summed E-state index contributed by atoms with van der Waals surface area (Å²) in [6.45, 7) is 4.87. The number of fused-ring (bicyclic) bond motifs is 1. The van der Waals surface area contributed by atoms with Crippen molar-refractivity contribution in [1.29, 1.82) is 0 Å². The molecule has 26 heavy (non-hydrogen) atoms. The molecule has 3 nitrogen and oxygen atoms in total. The van der Waals surface area contributed by atoms with E-state index in [9.17, 15) is 8.42 Å². The molecular weight excluding hydrogens is 342 g/mol. The molecule has 0 fully saturated rings. The van der Waals surface area contributed by atoms with Crippen LogP contribution < -0.4 is 0 Å². The second kappa shape index (κ2) is 6.38. The Morgan fingerprint density at radius 1 is 0.692 bits per heavy atom. The quantitative estimate of drug-likeness (QED) is 0.678. The molecule has 0 aliphatic carbocycles. The Labute approximate surface area is 155 Å². The van der Waals surface area contributed by atoms with Crippen LogP contribution in [0, 0.1) is 13.8 Å². The van der Waals surface area contributed by atoms with Crippen molar-refractivity contribution >= 4 is 10.0 Å². The fraction of sp³-hybridized carbons (Fsp3) is 0.182. The van der Waals surface area contributed by atoms with Gasteiger partial charge < -0.3 is 0 Å². The van der Waals surface area contributed by atoms with Crippen LogP contribution in [0.15, 0.2) is 71.6 Å². The van der Waals surface area contributed by atoms with Crippen LogP contribution in [0.4, 0.5) is 0 Å². The molecular formula is C22H21NO2S. The Morgan fingerprint density at radius 3 is 1.88 bits per heavy atom. The summed E-state index contributed by atoms with van der Waals surface area (Å²) in [6.07, 6.45) is 0. The minimum atomic E-state index is -3.47. The molecule has 1 heterocycles. The van der Waals surface area contributed by atoms with Gasteiger partial charge in [-0.1, -0.05) is 59.7 Å². The van der Waals surface area contributed by atoms with Gasteiger partial charge >= 0.3 is 0 Å². The average molecular weight is 363 g/mol. The molecule has 1 aliphatic heterocycles. The van der Waals surface area contributed by atoms with Gasteiger partial charge in [-0.05, 0) is 54.3 Å². The fourth-order valence-electron chi connectivity index (χ4n) is 3.32. The van der Waals surface area contributed by atoms with Gasteiger partial charge in [0.1, 0.15) is 0 Å². The highest BCUT2D eigenvalue weighted by Gasteiger charge is 2.30. The van der Waals surface area contributed by atoms with E-state index < -0.39 is 10.0 Å². The number of benzene rings is 3. The molecule has 0 atom stereocenters. The SMILES string of the molecule is Cc1ccc(-c2ccc3c(c2)CN(S(=O)(=O)c2ccc(C)cc2)C3)cc1. The number of rotatable bonds is 3. The molecule has 0 N–H and O–H groups in total. The second-order valence-electron chi connectivity index (χ2n) is 6.94. The van der Waals surface area contributed by atoms with Crippen LogP contribution in [-0.2, 0) is 23.1 Å². The molecule has 3 aromatic rings. The van der Waals surface area contributed by atoms with Crippen LogP contribution in [0.5, 0.6) is 0 Å². The van der Waals surface area contributed by atoms with Crippen LogP contribution in [0.25, 0.3) is 11.1 Å². The van der Waals surface area contributed by atoms with Crippen molar-refractivity contribution in [2.24, 2.45) is 0 Å². The Balaban J connectivity index is 1.63. The van der Waals surface area contributed by atoms with Gasteiger partial charge in [0.15, 0.2) is 0 Å². The maximum absolute atomic E-state index is 12.9. The number of sulfonamides is 1. The summed E-state index contributed by atoms with van der Waals surface area (Å²) in [5.74, 6) is 0. The van der Waals surface area contributed by atoms with Gasteiger partial charge in [-0.15, -0.1) is 0 Å². The van der Waals surface area contributed by atoms with Crippen molar-refractivity contribution in [3.63, 3.8) is 0 Å². The highest BCUT2D eigenvalue weighted by molar-refractivity contribution is 7.89. The fourth-order valence-corrected chi connectivity index (χ4v) is 4.71. The van der Waals surface area contributed by atoms with Crippen molar-refractivity contribution in [1.82, 2.24) is 4.31 Å². The lowest BCUT2D eigenvalue weighted by Gasteiger charge is -2.15. The molecule has 0 bridgehead atoms. The van der Waals surface area contributed by atoms with E-state index in [1.807, 2.05) is 19.1 Å². The number of hydrogen-bond acceptors (Lipinski definition) is 2. The second-order valence-corrected chi connectivity index (χ2v) is 8.87. The third-order valence-electron chi connectivity index (χ3n) is 4.94. The molecule has 4 rings (SSSR count). The third-order valence-corrected chi connectivity index (χ3v) is 6.75. The van der Waals surface area contributed by atoms with Gasteiger partial charge in [-0.2, -0.15) is 4.31 Å². The van der Waals surface area contributed by atoms with Crippen molar-refractivity contribution < 1.29 is 8.42 Å². The molecule has 4 heteroatoms. The molecule has 1 aliphatic rings. The summed E-state index contributed by atoms with van der Waals surface area (Å²) in [6, 6.07) is 21.7. The first-order chi connectivity index (χ1) is 12.4. The van der Waals surface area contributed by atoms with Crippen LogP contribution >= 0.6 is 0 Å². The third kappa shape index (κ3) is 3.06. The van der Waals surface area contributed by atoms with Gasteiger partial charge in [0.2, 0.25) is 10.0 Å². The number of aryl methyl sites for hydroxylation is 2. The standard InChI is InChI=1S/C22H21NO2S/c1-16-3-7-18(8-4-16)19-9-10-20-14-23(15-21(20)13-19)26(24,25)22-11-5-17(2)6-12-22/h3-13H,14-15H2,1-2H3. The first-order valence-electron chi connectivity index (χ1n) is 8.69. The normalized spacial score (nSPS) is 14.4. The van der Waals surface area contributed by atoms with E-state index in [0.717, 1.165) is 27.8 Å². The summed E-state index contributed by atoms with van der Waals surface area (Å²) in [7, 11) is -3.47. The molecule has 0 aromatic heterocycles. The summed E-state index contributed by atoms with van der Waals surface area (Å²) in [4.78, 5) is 0.356. The van der Waals surface area contributed by atoms with Gasteiger partial charge in [-0.3, -0.25) is 0 Å². The minimum Gasteiger partial charge on any atom is -0.207 e. The van der Waals surface area contributed by atoms with E-state index in [1.54, 1.807) is 16.4 Å².